The summed E-state index contributed by atoms with van der Waals surface area (Å²) in [6, 6.07) is 0. The molecule has 0 amide bonds. The molecule has 2 rings (SSSR count). The Morgan fingerprint density at radius 2 is 2.06 bits per heavy atom. The predicted octanol–water partition coefficient (Wildman–Crippen LogP) is 1.29. The first-order valence-corrected chi connectivity index (χ1v) is 6.77. The molecule has 0 aromatic heterocycles. The average Bonchev–Trinajstić information content (AvgIpc) is 2.77. The number of ether oxygens (including phenoxy) is 4. The highest BCUT2D eigenvalue weighted by molar-refractivity contribution is 4.92. The lowest BCUT2D eigenvalue weighted by atomic mass is 10.00. The zero-order valence-electron chi connectivity index (χ0n) is 11.4. The van der Waals surface area contributed by atoms with Crippen LogP contribution in [0.5, 0.6) is 0 Å². The van der Waals surface area contributed by atoms with Gasteiger partial charge in [-0.3, -0.25) is 0 Å². The Bertz CT molecular complexity index is 268. The predicted molar refractivity (Wildman–Crippen MR) is 65.0 cm³/mol. The molecule has 5 heteroatoms. The Hall–Kier alpha value is -0.200. The van der Waals surface area contributed by atoms with Crippen LogP contribution >= 0.6 is 0 Å². The van der Waals surface area contributed by atoms with Crippen molar-refractivity contribution in [3.63, 3.8) is 0 Å². The zero-order chi connectivity index (χ0) is 13.2. The van der Waals surface area contributed by atoms with Gasteiger partial charge in [0.05, 0.1) is 19.3 Å². The highest BCUT2D eigenvalue weighted by atomic mass is 16.8. The summed E-state index contributed by atoms with van der Waals surface area (Å²) in [5, 5.41) is 9.33. The van der Waals surface area contributed by atoms with Gasteiger partial charge >= 0.3 is 0 Å². The highest BCUT2D eigenvalue weighted by Crippen LogP contribution is 2.40. The van der Waals surface area contributed by atoms with Crippen molar-refractivity contribution in [2.24, 2.45) is 5.92 Å². The van der Waals surface area contributed by atoms with Gasteiger partial charge in [-0.15, -0.1) is 0 Å². The van der Waals surface area contributed by atoms with Gasteiger partial charge < -0.3 is 24.1 Å². The van der Waals surface area contributed by atoms with Crippen molar-refractivity contribution in [1.29, 1.82) is 0 Å². The number of unbranched alkanes of at least 4 members (excludes halogenated alkanes) is 1. The summed E-state index contributed by atoms with van der Waals surface area (Å²) < 4.78 is 22.8. The fraction of sp³-hybridized carbons (Fsp3) is 1.00. The Labute approximate surface area is 108 Å². The molecule has 0 aliphatic carbocycles. The van der Waals surface area contributed by atoms with E-state index in [-0.39, 0.29) is 31.0 Å². The number of aliphatic hydroxyl groups is 1. The molecule has 18 heavy (non-hydrogen) atoms. The SMILES string of the molecule is CCCCOC[C@H]1[C@H]2OC(C)(C)O[C@H]2O[C@@H]1CO. The molecule has 2 heterocycles. The van der Waals surface area contributed by atoms with Crippen molar-refractivity contribution in [3.8, 4) is 0 Å². The van der Waals surface area contributed by atoms with Gasteiger partial charge in [-0.1, -0.05) is 13.3 Å². The largest absolute Gasteiger partial charge is 0.394 e. The van der Waals surface area contributed by atoms with E-state index < -0.39 is 5.79 Å². The minimum Gasteiger partial charge on any atom is -0.394 e. The quantitative estimate of drug-likeness (QED) is 0.729. The summed E-state index contributed by atoms with van der Waals surface area (Å²) >= 11 is 0. The van der Waals surface area contributed by atoms with E-state index in [0.29, 0.717) is 6.61 Å². The number of hydrogen-bond acceptors (Lipinski definition) is 5. The summed E-state index contributed by atoms with van der Waals surface area (Å²) in [6.45, 7) is 7.14. The van der Waals surface area contributed by atoms with Crippen LogP contribution in [0, 0.1) is 5.92 Å². The van der Waals surface area contributed by atoms with Crippen LogP contribution in [-0.2, 0) is 18.9 Å². The standard InChI is InChI=1S/C13H24O5/c1-4-5-6-15-8-9-10(7-14)16-12-11(9)17-13(2,3)18-12/h9-12,14H,4-8H2,1-3H3/t9-,10-,11-,12-/m1/s1. The molecule has 0 radical (unpaired) electrons. The van der Waals surface area contributed by atoms with Crippen molar-refractivity contribution in [2.45, 2.75) is 57.9 Å². The topological polar surface area (TPSA) is 57.2 Å². The van der Waals surface area contributed by atoms with Crippen LogP contribution < -0.4 is 0 Å². The number of hydrogen-bond donors (Lipinski definition) is 1. The van der Waals surface area contributed by atoms with Crippen LogP contribution in [0.4, 0.5) is 0 Å². The average molecular weight is 260 g/mol. The summed E-state index contributed by atoms with van der Waals surface area (Å²) in [4.78, 5) is 0. The molecule has 0 saturated carbocycles. The fourth-order valence-corrected chi connectivity index (χ4v) is 2.48. The van der Waals surface area contributed by atoms with Gasteiger partial charge in [0.2, 0.25) is 0 Å². The molecular weight excluding hydrogens is 236 g/mol. The van der Waals surface area contributed by atoms with Gasteiger partial charge in [0.25, 0.3) is 0 Å². The van der Waals surface area contributed by atoms with E-state index in [1.807, 2.05) is 13.8 Å². The zero-order valence-corrected chi connectivity index (χ0v) is 11.4. The van der Waals surface area contributed by atoms with Crippen LogP contribution in [0.2, 0.25) is 0 Å². The third-order valence-corrected chi connectivity index (χ3v) is 3.43. The molecule has 0 unspecified atom stereocenters. The lowest BCUT2D eigenvalue weighted by Crippen LogP contribution is -2.34. The van der Waals surface area contributed by atoms with Crippen molar-refractivity contribution in [3.05, 3.63) is 0 Å². The van der Waals surface area contributed by atoms with E-state index in [9.17, 15) is 5.11 Å². The lowest BCUT2D eigenvalue weighted by molar-refractivity contribution is -0.215. The molecule has 0 spiro atoms. The van der Waals surface area contributed by atoms with Gasteiger partial charge in [0.1, 0.15) is 6.10 Å². The minimum absolute atomic E-state index is 0.0258. The Morgan fingerprint density at radius 1 is 1.28 bits per heavy atom. The van der Waals surface area contributed by atoms with Crippen molar-refractivity contribution in [1.82, 2.24) is 0 Å². The normalized spacial score (nSPS) is 38.0. The van der Waals surface area contributed by atoms with Crippen LogP contribution in [0.1, 0.15) is 33.6 Å². The first-order valence-electron chi connectivity index (χ1n) is 6.77. The van der Waals surface area contributed by atoms with Gasteiger partial charge in [-0.05, 0) is 20.3 Å². The van der Waals surface area contributed by atoms with Gasteiger partial charge in [0, 0.05) is 12.5 Å². The Morgan fingerprint density at radius 3 is 2.72 bits per heavy atom. The first kappa shape index (κ1) is 14.2. The van der Waals surface area contributed by atoms with E-state index in [4.69, 9.17) is 18.9 Å². The third kappa shape index (κ3) is 3.03. The number of rotatable bonds is 6. The smallest absolute Gasteiger partial charge is 0.188 e. The summed E-state index contributed by atoms with van der Waals surface area (Å²) in [7, 11) is 0. The van der Waals surface area contributed by atoms with E-state index in [0.717, 1.165) is 19.4 Å². The third-order valence-electron chi connectivity index (χ3n) is 3.43. The summed E-state index contributed by atoms with van der Waals surface area (Å²) in [5.41, 5.74) is 0. The van der Waals surface area contributed by atoms with Gasteiger partial charge in [0.15, 0.2) is 12.1 Å². The maximum Gasteiger partial charge on any atom is 0.188 e. The summed E-state index contributed by atoms with van der Waals surface area (Å²) in [6.07, 6.45) is 1.39. The molecule has 2 fully saturated rings. The lowest BCUT2D eigenvalue weighted by Gasteiger charge is -2.24. The molecule has 2 saturated heterocycles. The second-order valence-corrected chi connectivity index (χ2v) is 5.42. The van der Waals surface area contributed by atoms with E-state index >= 15 is 0 Å². The van der Waals surface area contributed by atoms with Crippen molar-refractivity contribution >= 4 is 0 Å². The highest BCUT2D eigenvalue weighted by Gasteiger charge is 2.54. The van der Waals surface area contributed by atoms with Crippen molar-refractivity contribution in [2.75, 3.05) is 19.8 Å². The molecule has 2 aliphatic heterocycles. The monoisotopic (exact) mass is 260 g/mol. The second-order valence-electron chi connectivity index (χ2n) is 5.42. The minimum atomic E-state index is -0.614. The first-order chi connectivity index (χ1) is 8.57. The van der Waals surface area contributed by atoms with Crippen LogP contribution in [0.15, 0.2) is 0 Å². The molecule has 0 bridgehead atoms. The second kappa shape index (κ2) is 5.84. The van der Waals surface area contributed by atoms with Gasteiger partial charge in [-0.25, -0.2) is 0 Å². The van der Waals surface area contributed by atoms with Crippen LogP contribution in [0.25, 0.3) is 0 Å². The van der Waals surface area contributed by atoms with Crippen LogP contribution in [-0.4, -0.2) is 49.2 Å². The Kier molecular flexibility index (Phi) is 4.61. The fourth-order valence-electron chi connectivity index (χ4n) is 2.48. The Balaban J connectivity index is 1.89. The molecule has 2 aliphatic rings. The molecule has 0 aromatic rings. The van der Waals surface area contributed by atoms with E-state index in [2.05, 4.69) is 6.92 Å². The van der Waals surface area contributed by atoms with E-state index in [1.165, 1.54) is 0 Å². The number of aliphatic hydroxyl groups excluding tert-OH is 1. The molecule has 106 valence electrons. The van der Waals surface area contributed by atoms with E-state index in [1.54, 1.807) is 0 Å². The molecule has 1 N–H and O–H groups in total. The molecule has 0 aromatic carbocycles. The number of fused-ring (bicyclic) bond motifs is 1. The van der Waals surface area contributed by atoms with Crippen LogP contribution in [0.3, 0.4) is 0 Å². The molecule has 4 atom stereocenters. The maximum atomic E-state index is 9.33. The van der Waals surface area contributed by atoms with Crippen molar-refractivity contribution < 1.29 is 24.1 Å². The maximum absolute atomic E-state index is 9.33. The van der Waals surface area contributed by atoms with Gasteiger partial charge in [-0.2, -0.15) is 0 Å². The molecule has 5 nitrogen and oxygen atoms in total. The summed E-state index contributed by atoms with van der Waals surface area (Å²) in [5.74, 6) is -0.573. The molecular formula is C13H24O5.